The average molecular weight is 473 g/mol. The molecular formula is C27H36O7. The maximum atomic E-state index is 12.2. The lowest BCUT2D eigenvalue weighted by Gasteiger charge is -2.61. The molecule has 0 aromatic rings. The fourth-order valence-electron chi connectivity index (χ4n) is 7.88. The van der Waals surface area contributed by atoms with Crippen molar-refractivity contribution < 1.29 is 33.7 Å². The van der Waals surface area contributed by atoms with Crippen LogP contribution in [0.25, 0.3) is 0 Å². The zero-order valence-electron chi connectivity index (χ0n) is 20.8. The molecule has 186 valence electrons. The van der Waals surface area contributed by atoms with E-state index in [0.717, 1.165) is 12.0 Å². The second-order valence-corrected chi connectivity index (χ2v) is 11.2. The van der Waals surface area contributed by atoms with Gasteiger partial charge >= 0.3 is 17.9 Å². The molecule has 0 amide bonds. The van der Waals surface area contributed by atoms with E-state index in [2.05, 4.69) is 12.8 Å². The van der Waals surface area contributed by atoms with Crippen molar-refractivity contribution in [2.75, 3.05) is 0 Å². The number of esters is 3. The summed E-state index contributed by atoms with van der Waals surface area (Å²) >= 11 is 0. The molecule has 0 aromatic heterocycles. The van der Waals surface area contributed by atoms with Crippen LogP contribution < -0.4 is 0 Å². The van der Waals surface area contributed by atoms with Gasteiger partial charge in [-0.3, -0.25) is 14.4 Å². The summed E-state index contributed by atoms with van der Waals surface area (Å²) in [4.78, 5) is 36.0. The van der Waals surface area contributed by atoms with Crippen LogP contribution in [-0.2, 0) is 28.6 Å². The molecule has 0 saturated heterocycles. The number of terminal acetylenes is 1. The molecule has 0 radical (unpaired) electrons. The normalized spacial score (nSPS) is 44.9. The molecular weight excluding hydrogens is 436 g/mol. The topological polar surface area (TPSA) is 99.1 Å². The van der Waals surface area contributed by atoms with Gasteiger partial charge in [0.05, 0.1) is 0 Å². The Morgan fingerprint density at radius 2 is 1.68 bits per heavy atom. The molecule has 4 rings (SSSR count). The van der Waals surface area contributed by atoms with E-state index in [1.54, 1.807) is 0 Å². The fourth-order valence-corrected chi connectivity index (χ4v) is 7.88. The molecule has 0 bridgehead atoms. The largest absolute Gasteiger partial charge is 0.462 e. The average Bonchev–Trinajstić information content (AvgIpc) is 2.98. The van der Waals surface area contributed by atoms with E-state index in [9.17, 15) is 19.5 Å². The number of rotatable bonds is 3. The molecule has 7 heteroatoms. The highest BCUT2D eigenvalue weighted by Crippen LogP contribution is 2.68. The van der Waals surface area contributed by atoms with Gasteiger partial charge in [0.2, 0.25) is 0 Å². The van der Waals surface area contributed by atoms with Crippen LogP contribution in [0.2, 0.25) is 0 Å². The van der Waals surface area contributed by atoms with Crippen molar-refractivity contribution in [2.24, 2.45) is 28.6 Å². The van der Waals surface area contributed by atoms with Gasteiger partial charge in [0.15, 0.2) is 0 Å². The van der Waals surface area contributed by atoms with Gasteiger partial charge in [-0.15, -0.1) is 6.42 Å². The summed E-state index contributed by atoms with van der Waals surface area (Å²) in [5.41, 5.74) is -1.25. The third-order valence-corrected chi connectivity index (χ3v) is 9.32. The van der Waals surface area contributed by atoms with Gasteiger partial charge in [-0.2, -0.15) is 0 Å². The van der Waals surface area contributed by atoms with E-state index >= 15 is 0 Å². The summed E-state index contributed by atoms with van der Waals surface area (Å²) < 4.78 is 17.4. The highest BCUT2D eigenvalue weighted by molar-refractivity contribution is 5.67. The van der Waals surface area contributed by atoms with Crippen molar-refractivity contribution in [1.29, 1.82) is 0 Å². The third kappa shape index (κ3) is 3.75. The molecule has 0 aliphatic heterocycles. The van der Waals surface area contributed by atoms with E-state index in [1.165, 1.54) is 20.8 Å². The summed E-state index contributed by atoms with van der Waals surface area (Å²) in [6, 6.07) is 0. The first-order chi connectivity index (χ1) is 15.8. The van der Waals surface area contributed by atoms with Crippen LogP contribution in [0.4, 0.5) is 0 Å². The van der Waals surface area contributed by atoms with Crippen LogP contribution in [0.3, 0.4) is 0 Å². The minimum atomic E-state index is -1.32. The Kier molecular flexibility index (Phi) is 6.13. The van der Waals surface area contributed by atoms with Crippen molar-refractivity contribution >= 4 is 17.9 Å². The lowest BCUT2D eigenvalue weighted by molar-refractivity contribution is -0.200. The molecule has 0 spiro atoms. The van der Waals surface area contributed by atoms with E-state index < -0.39 is 29.2 Å². The van der Waals surface area contributed by atoms with Crippen molar-refractivity contribution in [3.05, 3.63) is 11.6 Å². The van der Waals surface area contributed by atoms with Gasteiger partial charge in [0, 0.05) is 44.4 Å². The van der Waals surface area contributed by atoms with E-state index in [1.807, 2.05) is 13.0 Å². The zero-order chi connectivity index (χ0) is 25.1. The molecule has 9 atom stereocenters. The number of ether oxygens (including phenoxy) is 3. The van der Waals surface area contributed by atoms with Crippen LogP contribution in [-0.4, -0.2) is 46.9 Å². The molecule has 1 N–H and O–H groups in total. The zero-order valence-corrected chi connectivity index (χ0v) is 20.8. The summed E-state index contributed by atoms with van der Waals surface area (Å²) in [6.45, 7) is 8.37. The Morgan fingerprint density at radius 3 is 2.26 bits per heavy atom. The number of fused-ring (bicyclic) bond motifs is 5. The van der Waals surface area contributed by atoms with Crippen molar-refractivity contribution in [3.63, 3.8) is 0 Å². The van der Waals surface area contributed by atoms with Gasteiger partial charge < -0.3 is 19.3 Å². The van der Waals surface area contributed by atoms with Crippen LogP contribution in [0, 0.1) is 40.9 Å². The Hall–Kier alpha value is -2.33. The SMILES string of the molecule is C#C[C@]1(O)CCC2C3C(OC(C)=O)C=C4C[C@@H](OC(C)=O)CC[C@]4(C)C3C(OC(C)=O)C[C@@]21C. The van der Waals surface area contributed by atoms with Gasteiger partial charge in [0.25, 0.3) is 0 Å². The van der Waals surface area contributed by atoms with Crippen LogP contribution in [0.15, 0.2) is 11.6 Å². The Bertz CT molecular complexity index is 963. The van der Waals surface area contributed by atoms with Gasteiger partial charge in [-0.1, -0.05) is 25.3 Å². The van der Waals surface area contributed by atoms with Gasteiger partial charge in [-0.25, -0.2) is 0 Å². The fraction of sp³-hybridized carbons (Fsp3) is 0.741. The first kappa shape index (κ1) is 24.8. The second kappa shape index (κ2) is 8.41. The summed E-state index contributed by atoms with van der Waals surface area (Å²) in [5, 5.41) is 11.4. The van der Waals surface area contributed by atoms with E-state index in [0.29, 0.717) is 32.1 Å². The lowest BCUT2D eigenvalue weighted by Crippen LogP contribution is -2.63. The monoisotopic (exact) mass is 472 g/mol. The van der Waals surface area contributed by atoms with Gasteiger partial charge in [0.1, 0.15) is 23.9 Å². The Balaban J connectivity index is 1.84. The minimum Gasteiger partial charge on any atom is -0.462 e. The number of carbonyl (C=O) groups excluding carboxylic acids is 3. The van der Waals surface area contributed by atoms with Crippen molar-refractivity contribution in [3.8, 4) is 12.3 Å². The molecule has 7 nitrogen and oxygen atoms in total. The van der Waals surface area contributed by atoms with E-state index in [-0.39, 0.29) is 41.2 Å². The van der Waals surface area contributed by atoms with Crippen LogP contribution >= 0.6 is 0 Å². The first-order valence-corrected chi connectivity index (χ1v) is 12.3. The number of aliphatic hydroxyl groups is 1. The van der Waals surface area contributed by atoms with Crippen LogP contribution in [0.5, 0.6) is 0 Å². The Morgan fingerprint density at radius 1 is 1.03 bits per heavy atom. The van der Waals surface area contributed by atoms with Crippen molar-refractivity contribution in [2.45, 2.75) is 97.1 Å². The number of hydrogen-bond acceptors (Lipinski definition) is 7. The maximum Gasteiger partial charge on any atom is 0.303 e. The molecule has 4 aliphatic carbocycles. The number of hydrogen-bond donors (Lipinski definition) is 1. The highest BCUT2D eigenvalue weighted by Gasteiger charge is 2.69. The summed E-state index contributed by atoms with van der Waals surface area (Å²) in [5.74, 6) is 1.27. The summed E-state index contributed by atoms with van der Waals surface area (Å²) in [7, 11) is 0. The maximum absolute atomic E-state index is 12.2. The third-order valence-electron chi connectivity index (χ3n) is 9.32. The predicted molar refractivity (Wildman–Crippen MR) is 123 cm³/mol. The minimum absolute atomic E-state index is 0.00414. The van der Waals surface area contributed by atoms with Gasteiger partial charge in [-0.05, 0) is 49.5 Å². The quantitative estimate of drug-likeness (QED) is 0.291. The highest BCUT2D eigenvalue weighted by atomic mass is 16.6. The standard InChI is InChI=1S/C27H36O7/c1-7-27(31)11-9-20-23-21(33-16(3)29)13-18-12-19(32-15(2)28)8-10-25(18,5)24(23)22(34-17(4)30)14-26(20,27)6/h1,13,19-24,31H,8-12,14H2,2-6H3/t19-,20?,21?,22?,23?,24?,25-,26-,27-/m0/s1. The Labute approximate surface area is 201 Å². The van der Waals surface area contributed by atoms with Crippen LogP contribution in [0.1, 0.15) is 73.1 Å². The molecule has 3 saturated carbocycles. The molecule has 4 aliphatic rings. The molecule has 0 aromatic carbocycles. The molecule has 0 heterocycles. The van der Waals surface area contributed by atoms with E-state index in [4.69, 9.17) is 20.6 Å². The number of carbonyl (C=O) groups is 3. The predicted octanol–water partition coefficient (Wildman–Crippen LogP) is 3.33. The molecule has 5 unspecified atom stereocenters. The lowest BCUT2D eigenvalue weighted by atomic mass is 9.45. The first-order valence-electron chi connectivity index (χ1n) is 12.3. The summed E-state index contributed by atoms with van der Waals surface area (Å²) in [6.07, 6.45) is 10.2. The smallest absolute Gasteiger partial charge is 0.303 e. The molecule has 3 fully saturated rings. The van der Waals surface area contributed by atoms with Crippen molar-refractivity contribution in [1.82, 2.24) is 0 Å². The molecule has 34 heavy (non-hydrogen) atoms. The second-order valence-electron chi connectivity index (χ2n) is 11.2.